The van der Waals surface area contributed by atoms with Gasteiger partial charge in [0, 0.05) is 0 Å². The largest absolute Gasteiger partial charge is 0.392 e. The molecule has 0 amide bonds. The van der Waals surface area contributed by atoms with Crippen LogP contribution < -0.4 is 0 Å². The van der Waals surface area contributed by atoms with E-state index in [9.17, 15) is 5.11 Å². The number of benzene rings is 3. The number of hydrogen-bond donors (Lipinski definition) is 1. The lowest BCUT2D eigenvalue weighted by Gasteiger charge is -2.05. The lowest BCUT2D eigenvalue weighted by Crippen LogP contribution is -1.85. The van der Waals surface area contributed by atoms with Crippen LogP contribution in [0.25, 0.3) is 21.5 Å². The first kappa shape index (κ1) is 9.37. The van der Waals surface area contributed by atoms with Gasteiger partial charge in [-0.1, -0.05) is 42.5 Å². The third-order valence-electron chi connectivity index (χ3n) is 3.01. The third kappa shape index (κ3) is 1.37. The maximum Gasteiger partial charge on any atom is 0.0687 e. The van der Waals surface area contributed by atoms with Gasteiger partial charge in [0.2, 0.25) is 0 Å². The molecule has 0 saturated carbocycles. The Morgan fingerprint density at radius 2 is 1.44 bits per heavy atom. The SMILES string of the molecule is OCc1cccc2cc3ccccc3cc12. The maximum atomic E-state index is 9.31. The second-order valence-corrected chi connectivity index (χ2v) is 4.00. The average molecular weight is 208 g/mol. The van der Waals surface area contributed by atoms with E-state index in [0.29, 0.717) is 0 Å². The molecule has 0 fully saturated rings. The quantitative estimate of drug-likeness (QED) is 0.607. The summed E-state index contributed by atoms with van der Waals surface area (Å²) in [6.45, 7) is 0.0929. The Hall–Kier alpha value is -1.86. The standard InChI is InChI=1S/C15H12O/c16-10-14-7-3-6-13-8-11-4-1-2-5-12(11)9-15(13)14/h1-9,16H,10H2. The van der Waals surface area contributed by atoms with Crippen LogP contribution in [0, 0.1) is 0 Å². The topological polar surface area (TPSA) is 20.2 Å². The normalized spacial score (nSPS) is 11.1. The maximum absolute atomic E-state index is 9.31. The van der Waals surface area contributed by atoms with E-state index >= 15 is 0 Å². The molecule has 16 heavy (non-hydrogen) atoms. The Bertz CT molecular complexity index is 656. The molecule has 3 rings (SSSR count). The molecule has 3 aromatic rings. The Kier molecular flexibility index (Phi) is 2.12. The van der Waals surface area contributed by atoms with Crippen molar-refractivity contribution in [2.24, 2.45) is 0 Å². The Balaban J connectivity index is 2.46. The van der Waals surface area contributed by atoms with Gasteiger partial charge in [-0.2, -0.15) is 0 Å². The Morgan fingerprint density at radius 1 is 0.750 bits per heavy atom. The average Bonchev–Trinajstić information content (AvgIpc) is 2.35. The van der Waals surface area contributed by atoms with Gasteiger partial charge in [0.15, 0.2) is 0 Å². The summed E-state index contributed by atoms with van der Waals surface area (Å²) in [5.41, 5.74) is 0.989. The van der Waals surface area contributed by atoms with Crippen molar-refractivity contribution < 1.29 is 5.11 Å². The zero-order chi connectivity index (χ0) is 11.0. The van der Waals surface area contributed by atoms with E-state index in [1.807, 2.05) is 24.3 Å². The molecular weight excluding hydrogens is 196 g/mol. The van der Waals surface area contributed by atoms with Gasteiger partial charge in [-0.15, -0.1) is 0 Å². The van der Waals surface area contributed by atoms with E-state index in [1.54, 1.807) is 0 Å². The van der Waals surface area contributed by atoms with Gasteiger partial charge < -0.3 is 5.11 Å². The molecule has 1 heteroatoms. The minimum atomic E-state index is 0.0929. The summed E-state index contributed by atoms with van der Waals surface area (Å²) in [6.07, 6.45) is 0. The molecule has 0 aliphatic rings. The van der Waals surface area contributed by atoms with E-state index in [-0.39, 0.29) is 6.61 Å². The van der Waals surface area contributed by atoms with Gasteiger partial charge in [-0.25, -0.2) is 0 Å². The number of rotatable bonds is 1. The molecule has 0 unspecified atom stereocenters. The minimum Gasteiger partial charge on any atom is -0.392 e. The highest BCUT2D eigenvalue weighted by atomic mass is 16.3. The van der Waals surface area contributed by atoms with Crippen LogP contribution in [0.4, 0.5) is 0 Å². The van der Waals surface area contributed by atoms with Crippen molar-refractivity contribution in [1.29, 1.82) is 0 Å². The van der Waals surface area contributed by atoms with Crippen molar-refractivity contribution in [2.45, 2.75) is 6.61 Å². The Morgan fingerprint density at radius 3 is 2.19 bits per heavy atom. The summed E-state index contributed by atoms with van der Waals surface area (Å²) in [5, 5.41) is 14.1. The summed E-state index contributed by atoms with van der Waals surface area (Å²) >= 11 is 0. The number of aliphatic hydroxyl groups is 1. The van der Waals surface area contributed by atoms with Crippen LogP contribution in [0.1, 0.15) is 5.56 Å². The highest BCUT2D eigenvalue weighted by Crippen LogP contribution is 2.25. The first-order chi connectivity index (χ1) is 7.88. The lowest BCUT2D eigenvalue weighted by molar-refractivity contribution is 0.283. The van der Waals surface area contributed by atoms with E-state index in [0.717, 1.165) is 10.9 Å². The molecular formula is C15H12O. The summed E-state index contributed by atoms with van der Waals surface area (Å²) in [7, 11) is 0. The van der Waals surface area contributed by atoms with Crippen molar-refractivity contribution in [3.8, 4) is 0 Å². The molecule has 0 bridgehead atoms. The van der Waals surface area contributed by atoms with Crippen LogP contribution in [0.5, 0.6) is 0 Å². The predicted octanol–water partition coefficient (Wildman–Crippen LogP) is 3.49. The molecule has 3 aromatic carbocycles. The first-order valence-corrected chi connectivity index (χ1v) is 5.40. The number of hydrogen-bond acceptors (Lipinski definition) is 1. The van der Waals surface area contributed by atoms with Gasteiger partial charge in [0.25, 0.3) is 0 Å². The van der Waals surface area contributed by atoms with Gasteiger partial charge in [-0.3, -0.25) is 0 Å². The highest BCUT2D eigenvalue weighted by Gasteiger charge is 2.01. The Labute approximate surface area is 94.0 Å². The van der Waals surface area contributed by atoms with Gasteiger partial charge in [0.1, 0.15) is 0 Å². The molecule has 0 aromatic heterocycles. The monoisotopic (exact) mass is 208 g/mol. The summed E-state index contributed by atoms with van der Waals surface area (Å²) in [5.74, 6) is 0. The highest BCUT2D eigenvalue weighted by molar-refractivity contribution is 5.99. The third-order valence-corrected chi connectivity index (χ3v) is 3.01. The second kappa shape index (κ2) is 3.62. The van der Waals surface area contributed by atoms with Gasteiger partial charge >= 0.3 is 0 Å². The molecule has 1 nitrogen and oxygen atoms in total. The van der Waals surface area contributed by atoms with Crippen LogP contribution in [-0.4, -0.2) is 5.11 Å². The summed E-state index contributed by atoms with van der Waals surface area (Å²) in [6, 6.07) is 18.7. The van der Waals surface area contributed by atoms with Crippen LogP contribution in [0.15, 0.2) is 54.6 Å². The summed E-state index contributed by atoms with van der Waals surface area (Å²) in [4.78, 5) is 0. The zero-order valence-electron chi connectivity index (χ0n) is 8.85. The number of fused-ring (bicyclic) bond motifs is 2. The fraction of sp³-hybridized carbons (Fsp3) is 0.0667. The molecule has 0 aliphatic heterocycles. The summed E-state index contributed by atoms with van der Waals surface area (Å²) < 4.78 is 0. The van der Waals surface area contributed by atoms with E-state index in [2.05, 4.69) is 30.3 Å². The van der Waals surface area contributed by atoms with E-state index in [1.165, 1.54) is 16.2 Å². The fourth-order valence-corrected chi connectivity index (χ4v) is 2.17. The minimum absolute atomic E-state index is 0.0929. The molecule has 0 spiro atoms. The fourth-order valence-electron chi connectivity index (χ4n) is 2.17. The molecule has 0 atom stereocenters. The van der Waals surface area contributed by atoms with Crippen LogP contribution in [0.2, 0.25) is 0 Å². The smallest absolute Gasteiger partial charge is 0.0687 e. The van der Waals surface area contributed by atoms with Crippen molar-refractivity contribution in [2.75, 3.05) is 0 Å². The lowest BCUT2D eigenvalue weighted by atomic mass is 10.0. The molecule has 1 N–H and O–H groups in total. The first-order valence-electron chi connectivity index (χ1n) is 5.40. The zero-order valence-corrected chi connectivity index (χ0v) is 8.85. The van der Waals surface area contributed by atoms with E-state index in [4.69, 9.17) is 0 Å². The van der Waals surface area contributed by atoms with Crippen LogP contribution in [0.3, 0.4) is 0 Å². The van der Waals surface area contributed by atoms with Crippen molar-refractivity contribution in [1.82, 2.24) is 0 Å². The molecule has 0 saturated heterocycles. The van der Waals surface area contributed by atoms with Crippen LogP contribution >= 0.6 is 0 Å². The number of aliphatic hydroxyl groups excluding tert-OH is 1. The molecule has 0 aliphatic carbocycles. The predicted molar refractivity (Wildman–Crippen MR) is 67.4 cm³/mol. The molecule has 78 valence electrons. The van der Waals surface area contributed by atoms with Crippen molar-refractivity contribution in [3.05, 3.63) is 60.2 Å². The van der Waals surface area contributed by atoms with Gasteiger partial charge in [-0.05, 0) is 39.2 Å². The van der Waals surface area contributed by atoms with E-state index < -0.39 is 0 Å². The molecule has 0 radical (unpaired) electrons. The van der Waals surface area contributed by atoms with Crippen molar-refractivity contribution in [3.63, 3.8) is 0 Å². The van der Waals surface area contributed by atoms with Crippen LogP contribution in [-0.2, 0) is 6.61 Å². The second-order valence-electron chi connectivity index (χ2n) is 4.00. The van der Waals surface area contributed by atoms with Gasteiger partial charge in [0.05, 0.1) is 6.61 Å². The van der Waals surface area contributed by atoms with Crippen molar-refractivity contribution >= 4 is 21.5 Å². The molecule has 0 heterocycles.